The largest absolute Gasteiger partial charge is 0.508 e. The summed E-state index contributed by atoms with van der Waals surface area (Å²) in [6.45, 7) is 7.65. The molecule has 2 aromatic heterocycles. The summed E-state index contributed by atoms with van der Waals surface area (Å²) in [5.41, 5.74) is 3.07. The van der Waals surface area contributed by atoms with Gasteiger partial charge in [-0.15, -0.1) is 0 Å². The molecule has 0 unspecified atom stereocenters. The van der Waals surface area contributed by atoms with Gasteiger partial charge in [0.2, 0.25) is 5.88 Å². The smallest absolute Gasteiger partial charge is 0.271 e. The monoisotopic (exact) mass is 695 g/mol. The van der Waals surface area contributed by atoms with E-state index in [2.05, 4.69) is 49.2 Å². The molecule has 4 heterocycles. The van der Waals surface area contributed by atoms with Crippen LogP contribution in [0.2, 0.25) is 0 Å². The van der Waals surface area contributed by atoms with Gasteiger partial charge < -0.3 is 30.4 Å². The molecule has 1 saturated heterocycles. The van der Waals surface area contributed by atoms with Gasteiger partial charge in [-0.2, -0.15) is 0 Å². The lowest BCUT2D eigenvalue weighted by Crippen LogP contribution is -2.53. The highest BCUT2D eigenvalue weighted by molar-refractivity contribution is 5.96. The normalized spacial score (nSPS) is 22.2. The molecule has 4 N–H and O–H groups in total. The summed E-state index contributed by atoms with van der Waals surface area (Å²) in [6.07, 6.45) is 8.71. The predicted octanol–water partition coefficient (Wildman–Crippen LogP) is 5.57. The number of amides is 2. The van der Waals surface area contributed by atoms with E-state index in [0.717, 1.165) is 73.7 Å². The van der Waals surface area contributed by atoms with E-state index in [4.69, 9.17) is 4.74 Å². The van der Waals surface area contributed by atoms with Gasteiger partial charge in [0.25, 0.3) is 11.8 Å². The molecule has 7 rings (SSSR count). The van der Waals surface area contributed by atoms with Gasteiger partial charge in [0, 0.05) is 68.5 Å². The highest BCUT2D eigenvalue weighted by atomic mass is 19.1. The van der Waals surface area contributed by atoms with Crippen molar-refractivity contribution in [3.05, 3.63) is 89.4 Å². The minimum atomic E-state index is -0.640. The number of phenols is 1. The van der Waals surface area contributed by atoms with Crippen molar-refractivity contribution in [3.63, 3.8) is 0 Å². The van der Waals surface area contributed by atoms with Crippen molar-refractivity contribution in [1.29, 1.82) is 0 Å². The van der Waals surface area contributed by atoms with E-state index in [0.29, 0.717) is 55.8 Å². The maximum atomic E-state index is 14.4. The Hall–Kier alpha value is -4.81. The zero-order valence-corrected chi connectivity index (χ0v) is 29.2. The molecule has 2 amide bonds. The van der Waals surface area contributed by atoms with Gasteiger partial charge in [-0.25, -0.2) is 14.4 Å². The Morgan fingerprint density at radius 3 is 2.43 bits per heavy atom. The van der Waals surface area contributed by atoms with E-state index in [-0.39, 0.29) is 35.2 Å². The van der Waals surface area contributed by atoms with Gasteiger partial charge in [-0.05, 0) is 93.8 Å². The molecule has 0 spiro atoms. The zero-order chi connectivity index (χ0) is 35.5. The van der Waals surface area contributed by atoms with Crippen molar-refractivity contribution in [2.75, 3.05) is 13.1 Å². The first kappa shape index (κ1) is 34.6. The summed E-state index contributed by atoms with van der Waals surface area (Å²) in [5.74, 6) is 0.395. The number of carbonyl (C=O) groups is 2. The van der Waals surface area contributed by atoms with Gasteiger partial charge >= 0.3 is 0 Å². The van der Waals surface area contributed by atoms with E-state index in [9.17, 15) is 19.1 Å². The first-order chi connectivity index (χ1) is 24.7. The fraction of sp³-hybridized carbons (Fsp3) is 0.436. The average Bonchev–Trinajstić information content (AvgIpc) is 3.55. The third kappa shape index (κ3) is 8.40. The van der Waals surface area contributed by atoms with Crippen molar-refractivity contribution in [1.82, 2.24) is 35.4 Å². The number of hydrogen-bond acceptors (Lipinski definition) is 8. The molecule has 51 heavy (non-hydrogen) atoms. The molecule has 0 radical (unpaired) electrons. The van der Waals surface area contributed by atoms with Gasteiger partial charge in [0.1, 0.15) is 34.4 Å². The number of aromatic nitrogens is 3. The van der Waals surface area contributed by atoms with Gasteiger partial charge in [-0.1, -0.05) is 18.2 Å². The Morgan fingerprint density at radius 2 is 1.69 bits per heavy atom. The second-order valence-corrected chi connectivity index (χ2v) is 14.3. The Morgan fingerprint density at radius 1 is 0.961 bits per heavy atom. The van der Waals surface area contributed by atoms with Gasteiger partial charge in [0.05, 0.1) is 6.20 Å². The molecule has 2 fully saturated rings. The lowest BCUT2D eigenvalue weighted by Gasteiger charge is -2.36. The van der Waals surface area contributed by atoms with Crippen molar-refractivity contribution < 1.29 is 23.8 Å². The average molecular weight is 696 g/mol. The predicted molar refractivity (Wildman–Crippen MR) is 191 cm³/mol. The molecular weight excluding hydrogens is 649 g/mol. The molecule has 11 nitrogen and oxygen atoms in total. The number of phenolic OH excluding ortho intramolecular Hbond substituents is 1. The standard InChI is InChI=1S/C39H46FN7O4/c1-24-20-46(21-25(2)42-24)22-28-16-27(9-14-35(28)48)26-6-5-7-32(17-26)51-39-33(18-29(40)19-41-39)37(49)43-30-10-12-31(13-11-30)44-38(50)34-23-47-15-4-3-8-36(47)45-34/h5-7,9,14,16-19,23-25,30-31,42,48H,3-4,8,10-13,15,20-22H2,1-2H3,(H,43,49)(H,44,50)/t24-,25+,30-,31-. The van der Waals surface area contributed by atoms with Crippen LogP contribution in [-0.2, 0) is 19.5 Å². The summed E-state index contributed by atoms with van der Waals surface area (Å²) in [5, 5.41) is 20.4. The maximum absolute atomic E-state index is 14.4. The second-order valence-electron chi connectivity index (χ2n) is 14.3. The summed E-state index contributed by atoms with van der Waals surface area (Å²) in [4.78, 5) is 37.4. The number of fused-ring (bicyclic) bond motifs is 1. The maximum Gasteiger partial charge on any atom is 0.271 e. The topological polar surface area (TPSA) is 134 Å². The summed E-state index contributed by atoms with van der Waals surface area (Å²) < 4.78 is 22.6. The number of benzene rings is 2. The molecule has 3 aliphatic rings. The number of piperazine rings is 1. The Balaban J connectivity index is 0.975. The lowest BCUT2D eigenvalue weighted by molar-refractivity contribution is 0.0887. The number of carbonyl (C=O) groups excluding carboxylic acids is 2. The van der Waals surface area contributed by atoms with E-state index in [1.165, 1.54) is 0 Å². The van der Waals surface area contributed by atoms with Crippen LogP contribution in [0, 0.1) is 5.82 Å². The number of aryl methyl sites for hydroxylation is 2. The van der Waals surface area contributed by atoms with E-state index < -0.39 is 11.7 Å². The van der Waals surface area contributed by atoms with Crippen molar-refractivity contribution in [2.24, 2.45) is 0 Å². The molecule has 2 aromatic carbocycles. The molecule has 4 aromatic rings. The molecule has 2 atom stereocenters. The number of imidazole rings is 1. The number of nitrogens with zero attached hydrogens (tertiary/aromatic N) is 4. The molecule has 0 bridgehead atoms. The Kier molecular flexibility index (Phi) is 10.3. The minimum Gasteiger partial charge on any atom is -0.508 e. The van der Waals surface area contributed by atoms with E-state index >= 15 is 0 Å². The molecule has 2 aliphatic heterocycles. The van der Waals surface area contributed by atoms with Crippen LogP contribution in [0.5, 0.6) is 17.4 Å². The minimum absolute atomic E-state index is 0.00288. The van der Waals surface area contributed by atoms with Crippen LogP contribution in [0.3, 0.4) is 0 Å². The van der Waals surface area contributed by atoms with Gasteiger partial charge in [0.15, 0.2) is 0 Å². The SMILES string of the molecule is C[C@@H]1CN(Cc2cc(-c3cccc(Oc4ncc(F)cc4C(=O)N[C@H]4CC[C@H](NC(=O)c5cn6c(n5)CCCC6)CC4)c3)ccc2O)C[C@H](C)N1. The van der Waals surface area contributed by atoms with Crippen LogP contribution >= 0.6 is 0 Å². The van der Waals surface area contributed by atoms with E-state index in [1.807, 2.05) is 36.5 Å². The van der Waals surface area contributed by atoms with E-state index in [1.54, 1.807) is 12.1 Å². The number of rotatable bonds is 9. The van der Waals surface area contributed by atoms with Crippen LogP contribution < -0.4 is 20.7 Å². The third-order valence-corrected chi connectivity index (χ3v) is 10.1. The fourth-order valence-corrected chi connectivity index (χ4v) is 7.65. The fourth-order valence-electron chi connectivity index (χ4n) is 7.65. The van der Waals surface area contributed by atoms with Crippen LogP contribution in [0.15, 0.2) is 60.9 Å². The first-order valence-electron chi connectivity index (χ1n) is 18.1. The molecule has 1 saturated carbocycles. The number of ether oxygens (including phenoxy) is 1. The third-order valence-electron chi connectivity index (χ3n) is 10.1. The molecule has 1 aliphatic carbocycles. The van der Waals surface area contributed by atoms with Crippen LogP contribution in [0.25, 0.3) is 11.1 Å². The number of halogens is 1. The number of aromatic hydroxyl groups is 1. The highest BCUT2D eigenvalue weighted by Crippen LogP contribution is 2.32. The molecular formula is C39H46FN7O4. The Labute approximate surface area is 297 Å². The van der Waals surface area contributed by atoms with Crippen molar-refractivity contribution in [2.45, 2.75) is 96.1 Å². The summed E-state index contributed by atoms with van der Waals surface area (Å²) >= 11 is 0. The first-order valence-corrected chi connectivity index (χ1v) is 18.1. The van der Waals surface area contributed by atoms with Crippen LogP contribution in [0.4, 0.5) is 4.39 Å². The highest BCUT2D eigenvalue weighted by Gasteiger charge is 2.27. The number of pyridine rings is 1. The van der Waals surface area contributed by atoms with Crippen LogP contribution in [-0.4, -0.2) is 73.6 Å². The van der Waals surface area contributed by atoms with Crippen LogP contribution in [0.1, 0.15) is 84.6 Å². The quantitative estimate of drug-likeness (QED) is 0.179. The Bertz CT molecular complexity index is 1860. The summed E-state index contributed by atoms with van der Waals surface area (Å²) in [7, 11) is 0. The summed E-state index contributed by atoms with van der Waals surface area (Å²) in [6, 6.07) is 14.7. The van der Waals surface area contributed by atoms with Gasteiger partial charge in [-0.3, -0.25) is 14.5 Å². The second kappa shape index (κ2) is 15.2. The lowest BCUT2D eigenvalue weighted by atomic mass is 9.91. The molecule has 268 valence electrons. The zero-order valence-electron chi connectivity index (χ0n) is 29.2. The molecule has 12 heteroatoms. The number of nitrogens with one attached hydrogen (secondary N) is 3. The number of hydrogen-bond donors (Lipinski definition) is 4. The van der Waals surface area contributed by atoms with Crippen molar-refractivity contribution >= 4 is 11.8 Å². The van der Waals surface area contributed by atoms with Crippen molar-refractivity contribution in [3.8, 4) is 28.5 Å².